The van der Waals surface area contributed by atoms with E-state index in [0.717, 1.165) is 48.4 Å². The number of nitrogens with one attached hydrogen (secondary N) is 2. The van der Waals surface area contributed by atoms with Gasteiger partial charge < -0.3 is 21.5 Å². The number of aliphatic hydroxyl groups excluding tert-OH is 1. The van der Waals surface area contributed by atoms with Crippen LogP contribution in [0, 0.1) is 0 Å². The summed E-state index contributed by atoms with van der Waals surface area (Å²) in [5.74, 6) is -0.555. The van der Waals surface area contributed by atoms with Crippen molar-refractivity contribution in [2.24, 2.45) is 5.73 Å². The highest BCUT2D eigenvalue weighted by atomic mass is 19.3. The van der Waals surface area contributed by atoms with E-state index in [2.05, 4.69) is 27.9 Å². The van der Waals surface area contributed by atoms with Crippen LogP contribution in [0.2, 0.25) is 0 Å². The maximum absolute atomic E-state index is 13.6. The van der Waals surface area contributed by atoms with Crippen molar-refractivity contribution in [3.63, 3.8) is 0 Å². The normalized spacial score (nSPS) is 18.0. The van der Waals surface area contributed by atoms with Crippen LogP contribution in [-0.4, -0.2) is 32.9 Å². The molecule has 0 aliphatic heterocycles. The van der Waals surface area contributed by atoms with Crippen LogP contribution in [-0.2, 0) is 6.54 Å². The lowest BCUT2D eigenvalue weighted by Gasteiger charge is -2.31. The van der Waals surface area contributed by atoms with Gasteiger partial charge in [0.25, 0.3) is 12.3 Å². The van der Waals surface area contributed by atoms with Crippen molar-refractivity contribution in [1.29, 1.82) is 0 Å². The van der Waals surface area contributed by atoms with Crippen LogP contribution in [0.3, 0.4) is 0 Å². The van der Waals surface area contributed by atoms with Gasteiger partial charge in [0, 0.05) is 18.3 Å². The average molecular weight is 546 g/mol. The summed E-state index contributed by atoms with van der Waals surface area (Å²) in [5, 5.41) is 20.6. The molecule has 7 nitrogen and oxygen atoms in total. The van der Waals surface area contributed by atoms with E-state index in [1.165, 1.54) is 4.68 Å². The first-order valence-corrected chi connectivity index (χ1v) is 13.5. The average Bonchev–Trinajstić information content (AvgIpc) is 3.44. The fourth-order valence-corrected chi connectivity index (χ4v) is 5.18. The summed E-state index contributed by atoms with van der Waals surface area (Å²) in [6.07, 6.45) is 0.206. The van der Waals surface area contributed by atoms with Gasteiger partial charge in [-0.25, -0.2) is 13.5 Å². The van der Waals surface area contributed by atoms with Crippen LogP contribution >= 0.6 is 0 Å². The number of aliphatic hydroxyl groups is 1. The number of carbonyl (C=O) groups is 1. The second-order valence-electron chi connectivity index (χ2n) is 10.1. The zero-order valence-corrected chi connectivity index (χ0v) is 22.0. The molecule has 1 aliphatic rings. The predicted octanol–water partition coefficient (Wildman–Crippen LogP) is 5.50. The van der Waals surface area contributed by atoms with Gasteiger partial charge in [-0.15, -0.1) is 0 Å². The third-order valence-electron chi connectivity index (χ3n) is 7.29. The van der Waals surface area contributed by atoms with Crippen molar-refractivity contribution in [3.8, 4) is 5.69 Å². The quantitative estimate of drug-likeness (QED) is 0.222. The summed E-state index contributed by atoms with van der Waals surface area (Å²) >= 11 is 0. The molecule has 1 unspecified atom stereocenters. The maximum atomic E-state index is 13.6. The number of anilines is 1. The Morgan fingerprint density at radius 2 is 1.68 bits per heavy atom. The Kier molecular flexibility index (Phi) is 8.64. The number of aromatic nitrogens is 2. The van der Waals surface area contributed by atoms with Crippen LogP contribution < -0.4 is 16.4 Å². The number of halogens is 2. The number of nitrogens with two attached hydrogens (primary N) is 1. The molecule has 0 saturated heterocycles. The Morgan fingerprint density at radius 1 is 0.950 bits per heavy atom. The SMILES string of the molecule is NCc1cccc(-n2nc(C(F)F)cc2C(=O)Nc2cccc(C(NC3CCC(O)CC3)c3ccccc3)c2)c1. The fraction of sp³-hybridized carbons (Fsp3) is 0.290. The number of alkyl halides is 2. The molecule has 1 fully saturated rings. The van der Waals surface area contributed by atoms with E-state index in [4.69, 9.17) is 5.73 Å². The summed E-state index contributed by atoms with van der Waals surface area (Å²) in [5.41, 5.74) is 9.09. The fourth-order valence-electron chi connectivity index (χ4n) is 5.18. The number of amides is 1. The topological polar surface area (TPSA) is 105 Å². The molecule has 4 aromatic rings. The molecule has 9 heteroatoms. The zero-order valence-electron chi connectivity index (χ0n) is 22.0. The minimum absolute atomic E-state index is 0.00614. The Balaban J connectivity index is 1.42. The summed E-state index contributed by atoms with van der Waals surface area (Å²) in [6, 6.07) is 25.8. The molecule has 0 bridgehead atoms. The van der Waals surface area contributed by atoms with E-state index in [1.54, 1.807) is 24.3 Å². The standard InChI is InChI=1S/C31H33F2N5O2/c32-30(33)27-18-28(38(37-27)25-11-4-6-20(16-25)19-34)31(40)36-24-10-5-9-22(17-24)29(21-7-2-1-3-8-21)35-23-12-14-26(39)15-13-23/h1-11,16-18,23,26,29-30,35,39H,12-15,19,34H2,(H,36,40). The van der Waals surface area contributed by atoms with Gasteiger partial charge in [-0.05, 0) is 72.7 Å². The van der Waals surface area contributed by atoms with Gasteiger partial charge in [0.1, 0.15) is 11.4 Å². The van der Waals surface area contributed by atoms with Crippen LogP contribution in [0.5, 0.6) is 0 Å². The second-order valence-corrected chi connectivity index (χ2v) is 10.1. The van der Waals surface area contributed by atoms with E-state index < -0.39 is 18.0 Å². The highest BCUT2D eigenvalue weighted by Gasteiger charge is 2.25. The molecule has 1 aliphatic carbocycles. The summed E-state index contributed by atoms with van der Waals surface area (Å²) < 4.78 is 28.4. The smallest absolute Gasteiger partial charge is 0.282 e. The molecular formula is C31H33F2N5O2. The maximum Gasteiger partial charge on any atom is 0.282 e. The third kappa shape index (κ3) is 6.44. The number of carbonyl (C=O) groups excluding carboxylic acids is 1. The first-order valence-electron chi connectivity index (χ1n) is 13.5. The minimum atomic E-state index is -2.83. The van der Waals surface area contributed by atoms with Crippen molar-refractivity contribution in [2.45, 2.75) is 56.8 Å². The summed E-state index contributed by atoms with van der Waals surface area (Å²) in [6.45, 7) is 0.267. The summed E-state index contributed by atoms with van der Waals surface area (Å²) in [7, 11) is 0. The lowest BCUT2D eigenvalue weighted by atomic mass is 9.90. The molecule has 1 amide bonds. The van der Waals surface area contributed by atoms with Crippen molar-refractivity contribution in [1.82, 2.24) is 15.1 Å². The van der Waals surface area contributed by atoms with Crippen molar-refractivity contribution < 1.29 is 18.7 Å². The first kappa shape index (κ1) is 27.6. The second kappa shape index (κ2) is 12.5. The van der Waals surface area contributed by atoms with E-state index in [0.29, 0.717) is 11.4 Å². The van der Waals surface area contributed by atoms with E-state index >= 15 is 0 Å². The molecule has 3 aromatic carbocycles. The molecule has 1 atom stereocenters. The summed E-state index contributed by atoms with van der Waals surface area (Å²) in [4.78, 5) is 13.4. The number of nitrogens with zero attached hydrogens (tertiary/aromatic N) is 2. The Morgan fingerprint density at radius 3 is 2.40 bits per heavy atom. The van der Waals surface area contributed by atoms with Crippen molar-refractivity contribution >= 4 is 11.6 Å². The molecule has 208 valence electrons. The van der Waals surface area contributed by atoms with Gasteiger partial charge in [0.05, 0.1) is 17.8 Å². The molecule has 5 N–H and O–H groups in total. The van der Waals surface area contributed by atoms with E-state index in [1.807, 2.05) is 42.5 Å². The van der Waals surface area contributed by atoms with Gasteiger partial charge in [-0.2, -0.15) is 5.10 Å². The van der Waals surface area contributed by atoms with Gasteiger partial charge in [-0.1, -0.05) is 54.6 Å². The first-order chi connectivity index (χ1) is 19.4. The number of rotatable bonds is 9. The molecule has 1 aromatic heterocycles. The Bertz CT molecular complexity index is 1430. The zero-order chi connectivity index (χ0) is 28.1. The van der Waals surface area contributed by atoms with Gasteiger partial charge in [0.2, 0.25) is 0 Å². The molecule has 1 heterocycles. The van der Waals surface area contributed by atoms with Gasteiger partial charge in [-0.3, -0.25) is 4.79 Å². The lowest BCUT2D eigenvalue weighted by molar-refractivity contribution is 0.101. The number of hydrogen-bond acceptors (Lipinski definition) is 5. The lowest BCUT2D eigenvalue weighted by Crippen LogP contribution is -2.37. The molecule has 0 spiro atoms. The Labute approximate surface area is 232 Å². The van der Waals surface area contributed by atoms with E-state index in [-0.39, 0.29) is 30.4 Å². The van der Waals surface area contributed by atoms with Crippen molar-refractivity contribution in [2.75, 3.05) is 5.32 Å². The van der Waals surface area contributed by atoms with Gasteiger partial charge in [0.15, 0.2) is 0 Å². The third-order valence-corrected chi connectivity index (χ3v) is 7.29. The Hall–Kier alpha value is -3.92. The number of hydrogen-bond donors (Lipinski definition) is 4. The molecule has 1 saturated carbocycles. The molecule has 40 heavy (non-hydrogen) atoms. The van der Waals surface area contributed by atoms with E-state index in [9.17, 15) is 18.7 Å². The van der Waals surface area contributed by atoms with Gasteiger partial charge >= 0.3 is 0 Å². The van der Waals surface area contributed by atoms with Crippen LogP contribution in [0.25, 0.3) is 5.69 Å². The monoisotopic (exact) mass is 545 g/mol. The number of benzene rings is 3. The molecular weight excluding hydrogens is 512 g/mol. The highest BCUT2D eigenvalue weighted by molar-refractivity contribution is 6.03. The molecule has 0 radical (unpaired) electrons. The largest absolute Gasteiger partial charge is 0.393 e. The van der Waals surface area contributed by atoms with Crippen LogP contribution in [0.4, 0.5) is 14.5 Å². The van der Waals surface area contributed by atoms with Crippen LogP contribution in [0.15, 0.2) is 84.9 Å². The van der Waals surface area contributed by atoms with Crippen molar-refractivity contribution in [3.05, 3.63) is 113 Å². The molecule has 5 rings (SSSR count). The predicted molar refractivity (Wildman–Crippen MR) is 150 cm³/mol. The van der Waals surface area contributed by atoms with Crippen LogP contribution in [0.1, 0.15) is 71.0 Å². The highest BCUT2D eigenvalue weighted by Crippen LogP contribution is 2.29. The minimum Gasteiger partial charge on any atom is -0.393 e.